The van der Waals surface area contributed by atoms with Crippen LogP contribution in [0.2, 0.25) is 0 Å². The van der Waals surface area contributed by atoms with Gasteiger partial charge in [0, 0.05) is 18.9 Å². The van der Waals surface area contributed by atoms with Gasteiger partial charge in [-0.05, 0) is 11.6 Å². The van der Waals surface area contributed by atoms with Gasteiger partial charge in [0.2, 0.25) is 0 Å². The van der Waals surface area contributed by atoms with E-state index in [4.69, 9.17) is 4.74 Å². The second-order valence-electron chi connectivity index (χ2n) is 5.71. The standard InChI is InChI=1S/C17H20O7/c1-23-16(21)17(22)9-12(18)15(13(19)10-17)24-14(20)8-7-11-5-3-2-4-6-11/h2-8,12-13,15,18-19,22H,9-10H2,1H3/b8-7+/t12-,13-,15?,17?/m1/s1. The Labute approximate surface area is 139 Å². The molecule has 0 unspecified atom stereocenters. The van der Waals surface area contributed by atoms with Gasteiger partial charge in [-0.15, -0.1) is 0 Å². The summed E-state index contributed by atoms with van der Waals surface area (Å²) >= 11 is 0. The van der Waals surface area contributed by atoms with Gasteiger partial charge in [0.1, 0.15) is 0 Å². The highest BCUT2D eigenvalue weighted by atomic mass is 16.6. The number of benzene rings is 1. The number of rotatable bonds is 4. The largest absolute Gasteiger partial charge is 0.467 e. The van der Waals surface area contributed by atoms with Crippen LogP contribution < -0.4 is 0 Å². The van der Waals surface area contributed by atoms with E-state index in [0.717, 1.165) is 12.7 Å². The van der Waals surface area contributed by atoms with Crippen LogP contribution in [-0.2, 0) is 19.1 Å². The number of carbonyl (C=O) groups is 2. The van der Waals surface area contributed by atoms with Crippen molar-refractivity contribution in [2.24, 2.45) is 0 Å². The highest BCUT2D eigenvalue weighted by Crippen LogP contribution is 2.31. The first-order chi connectivity index (χ1) is 11.4. The normalized spacial score (nSPS) is 30.1. The van der Waals surface area contributed by atoms with E-state index in [9.17, 15) is 24.9 Å². The van der Waals surface area contributed by atoms with Gasteiger partial charge >= 0.3 is 11.9 Å². The third kappa shape index (κ3) is 4.19. The highest BCUT2D eigenvalue weighted by molar-refractivity contribution is 5.87. The van der Waals surface area contributed by atoms with Crippen LogP contribution in [0.4, 0.5) is 0 Å². The number of hydrogen-bond donors (Lipinski definition) is 3. The van der Waals surface area contributed by atoms with Crippen molar-refractivity contribution >= 4 is 18.0 Å². The Kier molecular flexibility index (Phi) is 5.71. The summed E-state index contributed by atoms with van der Waals surface area (Å²) in [6.45, 7) is 0. The maximum absolute atomic E-state index is 11.8. The van der Waals surface area contributed by atoms with Gasteiger partial charge in [-0.2, -0.15) is 0 Å². The third-order valence-corrected chi connectivity index (χ3v) is 3.88. The molecule has 0 radical (unpaired) electrons. The minimum Gasteiger partial charge on any atom is -0.467 e. The van der Waals surface area contributed by atoms with Crippen LogP contribution in [0.1, 0.15) is 18.4 Å². The molecule has 1 saturated carbocycles. The summed E-state index contributed by atoms with van der Waals surface area (Å²) in [6, 6.07) is 9.06. The van der Waals surface area contributed by atoms with Gasteiger partial charge in [0.15, 0.2) is 11.7 Å². The molecule has 0 aliphatic heterocycles. The first kappa shape index (κ1) is 18.1. The molecule has 1 fully saturated rings. The molecule has 0 saturated heterocycles. The predicted molar refractivity (Wildman–Crippen MR) is 83.6 cm³/mol. The zero-order valence-electron chi connectivity index (χ0n) is 13.2. The second-order valence-corrected chi connectivity index (χ2v) is 5.71. The lowest BCUT2D eigenvalue weighted by atomic mass is 9.79. The Morgan fingerprint density at radius 3 is 2.29 bits per heavy atom. The Morgan fingerprint density at radius 1 is 1.17 bits per heavy atom. The number of aliphatic hydroxyl groups excluding tert-OH is 2. The summed E-state index contributed by atoms with van der Waals surface area (Å²) in [5, 5.41) is 30.2. The van der Waals surface area contributed by atoms with Crippen molar-refractivity contribution in [1.29, 1.82) is 0 Å². The van der Waals surface area contributed by atoms with Crippen molar-refractivity contribution in [3.63, 3.8) is 0 Å². The van der Waals surface area contributed by atoms with Crippen molar-refractivity contribution in [1.82, 2.24) is 0 Å². The van der Waals surface area contributed by atoms with E-state index in [1.54, 1.807) is 12.1 Å². The highest BCUT2D eigenvalue weighted by Gasteiger charge is 2.50. The molecule has 130 valence electrons. The zero-order chi connectivity index (χ0) is 17.7. The van der Waals surface area contributed by atoms with Gasteiger partial charge in [0.25, 0.3) is 0 Å². The van der Waals surface area contributed by atoms with E-state index in [2.05, 4.69) is 4.74 Å². The van der Waals surface area contributed by atoms with E-state index >= 15 is 0 Å². The van der Waals surface area contributed by atoms with Crippen molar-refractivity contribution < 1.29 is 34.4 Å². The molecule has 3 N–H and O–H groups in total. The molecule has 0 aromatic heterocycles. The molecule has 7 nitrogen and oxygen atoms in total. The van der Waals surface area contributed by atoms with E-state index in [0.29, 0.717) is 0 Å². The number of carbonyl (C=O) groups excluding carboxylic acids is 2. The molecule has 0 spiro atoms. The number of hydrogen-bond acceptors (Lipinski definition) is 7. The first-order valence-corrected chi connectivity index (χ1v) is 7.46. The number of methoxy groups -OCH3 is 1. The lowest BCUT2D eigenvalue weighted by Crippen LogP contribution is -2.57. The van der Waals surface area contributed by atoms with Crippen molar-refractivity contribution in [3.05, 3.63) is 42.0 Å². The maximum atomic E-state index is 11.8. The summed E-state index contributed by atoms with van der Waals surface area (Å²) in [4.78, 5) is 23.4. The SMILES string of the molecule is COC(=O)C1(O)C[C@@H](O)C(OC(=O)/C=C/c2ccccc2)[C@H](O)C1. The fourth-order valence-corrected chi connectivity index (χ4v) is 2.68. The average molecular weight is 336 g/mol. The zero-order valence-corrected chi connectivity index (χ0v) is 13.2. The molecule has 2 atom stereocenters. The Morgan fingerprint density at radius 2 is 1.75 bits per heavy atom. The van der Waals surface area contributed by atoms with E-state index < -0.39 is 48.7 Å². The first-order valence-electron chi connectivity index (χ1n) is 7.46. The molecule has 1 aromatic rings. The molecule has 7 heteroatoms. The van der Waals surface area contributed by atoms with Crippen LogP contribution in [0.15, 0.2) is 36.4 Å². The molecule has 0 heterocycles. The van der Waals surface area contributed by atoms with Gasteiger partial charge < -0.3 is 24.8 Å². The van der Waals surface area contributed by atoms with Crippen LogP contribution in [0, 0.1) is 0 Å². The second kappa shape index (κ2) is 7.57. The summed E-state index contributed by atoms with van der Waals surface area (Å²) < 4.78 is 9.52. The Bertz CT molecular complexity index is 599. The van der Waals surface area contributed by atoms with Crippen LogP contribution in [-0.4, -0.2) is 58.3 Å². The number of ether oxygens (including phenoxy) is 2. The molecular formula is C17H20O7. The quantitative estimate of drug-likeness (QED) is 0.525. The van der Waals surface area contributed by atoms with Crippen LogP contribution in [0.25, 0.3) is 6.08 Å². The van der Waals surface area contributed by atoms with E-state index in [1.807, 2.05) is 18.2 Å². The van der Waals surface area contributed by atoms with Gasteiger partial charge in [0.05, 0.1) is 19.3 Å². The topological polar surface area (TPSA) is 113 Å². The molecule has 0 bridgehead atoms. The monoisotopic (exact) mass is 336 g/mol. The van der Waals surface area contributed by atoms with Gasteiger partial charge in [-0.25, -0.2) is 9.59 Å². The van der Waals surface area contributed by atoms with E-state index in [1.165, 1.54) is 12.2 Å². The maximum Gasteiger partial charge on any atom is 0.338 e. The minimum absolute atomic E-state index is 0.392. The van der Waals surface area contributed by atoms with Crippen LogP contribution in [0.5, 0.6) is 0 Å². The summed E-state index contributed by atoms with van der Waals surface area (Å²) in [6.07, 6.45) is -2.10. The fraction of sp³-hybridized carbons (Fsp3) is 0.412. The summed E-state index contributed by atoms with van der Waals surface area (Å²) in [5.41, 5.74) is -1.21. The van der Waals surface area contributed by atoms with Crippen molar-refractivity contribution in [2.75, 3.05) is 7.11 Å². The number of aliphatic hydroxyl groups is 3. The molecule has 2 rings (SSSR count). The van der Waals surface area contributed by atoms with E-state index in [-0.39, 0.29) is 0 Å². The minimum atomic E-state index is -2.00. The molecule has 1 aromatic carbocycles. The average Bonchev–Trinajstić information content (AvgIpc) is 2.56. The van der Waals surface area contributed by atoms with Crippen molar-refractivity contribution in [2.45, 2.75) is 36.8 Å². The number of esters is 2. The summed E-state index contributed by atoms with van der Waals surface area (Å²) in [7, 11) is 1.10. The van der Waals surface area contributed by atoms with Crippen LogP contribution >= 0.6 is 0 Å². The third-order valence-electron chi connectivity index (χ3n) is 3.88. The molecular weight excluding hydrogens is 316 g/mol. The molecule has 0 amide bonds. The Hall–Kier alpha value is -2.22. The smallest absolute Gasteiger partial charge is 0.338 e. The lowest BCUT2D eigenvalue weighted by molar-refractivity contribution is -0.198. The van der Waals surface area contributed by atoms with Gasteiger partial charge in [-0.3, -0.25) is 0 Å². The Balaban J connectivity index is 1.99. The fourth-order valence-electron chi connectivity index (χ4n) is 2.68. The predicted octanol–water partition coefficient (Wildman–Crippen LogP) is 0.0313. The molecule has 1 aliphatic rings. The van der Waals surface area contributed by atoms with Crippen molar-refractivity contribution in [3.8, 4) is 0 Å². The summed E-state index contributed by atoms with van der Waals surface area (Å²) in [5.74, 6) is -1.69. The lowest BCUT2D eigenvalue weighted by Gasteiger charge is -2.39. The molecule has 24 heavy (non-hydrogen) atoms. The molecule has 1 aliphatic carbocycles. The van der Waals surface area contributed by atoms with Crippen LogP contribution in [0.3, 0.4) is 0 Å². The van der Waals surface area contributed by atoms with Gasteiger partial charge in [-0.1, -0.05) is 30.3 Å².